The minimum Gasteiger partial charge on any atom is -0.462 e. The molecule has 2 aromatic carbocycles. The van der Waals surface area contributed by atoms with Crippen LogP contribution in [-0.2, 0) is 32.1 Å². The van der Waals surface area contributed by atoms with E-state index in [9.17, 15) is 18.8 Å². The van der Waals surface area contributed by atoms with Gasteiger partial charge >= 0.3 is 5.97 Å². The standard InChI is InChI=1S/C27H31Cl2FN4O4/c1-16(35)38-19-8-11-34(12-9-19)13-10-22(26(36)32-21-7-6-20(28)24(29)25(21)30)33-27(37)23-14-17-4-2-3-5-18(17)15-31-23/h2-7,19,22-23,31H,8-15H2,1H3,(H,32,36)(H,33,37)/t22-,23-/m0/s1. The number of carbonyl (C=O) groups is 3. The van der Waals surface area contributed by atoms with Crippen LogP contribution in [0.5, 0.6) is 0 Å². The molecule has 11 heteroatoms. The Hall–Kier alpha value is -2.72. The van der Waals surface area contributed by atoms with Crippen molar-refractivity contribution in [1.82, 2.24) is 15.5 Å². The maximum absolute atomic E-state index is 14.6. The van der Waals surface area contributed by atoms with Gasteiger partial charge in [-0.2, -0.15) is 0 Å². The molecule has 0 saturated carbocycles. The predicted octanol–water partition coefficient (Wildman–Crippen LogP) is 3.69. The molecule has 0 unspecified atom stereocenters. The maximum Gasteiger partial charge on any atom is 0.302 e. The molecule has 2 aliphatic rings. The van der Waals surface area contributed by atoms with Gasteiger partial charge in [-0.1, -0.05) is 47.5 Å². The average Bonchev–Trinajstić information content (AvgIpc) is 2.91. The number of benzene rings is 2. The Labute approximate surface area is 231 Å². The lowest BCUT2D eigenvalue weighted by molar-refractivity contribution is -0.148. The number of hydrogen-bond acceptors (Lipinski definition) is 6. The van der Waals surface area contributed by atoms with Crippen LogP contribution in [0.2, 0.25) is 10.0 Å². The smallest absolute Gasteiger partial charge is 0.302 e. The molecule has 0 bridgehead atoms. The molecule has 2 atom stereocenters. The van der Waals surface area contributed by atoms with Crippen LogP contribution < -0.4 is 16.0 Å². The van der Waals surface area contributed by atoms with Gasteiger partial charge in [-0.25, -0.2) is 4.39 Å². The first kappa shape index (κ1) is 28.3. The second-order valence-corrected chi connectivity index (χ2v) is 10.4. The fourth-order valence-corrected chi connectivity index (χ4v) is 5.13. The van der Waals surface area contributed by atoms with Gasteiger partial charge in [-0.3, -0.25) is 14.4 Å². The predicted molar refractivity (Wildman–Crippen MR) is 144 cm³/mol. The van der Waals surface area contributed by atoms with Crippen molar-refractivity contribution in [2.24, 2.45) is 0 Å². The Morgan fingerprint density at radius 1 is 1.13 bits per heavy atom. The fourth-order valence-electron chi connectivity index (χ4n) is 4.82. The highest BCUT2D eigenvalue weighted by atomic mass is 35.5. The lowest BCUT2D eigenvalue weighted by Gasteiger charge is -2.32. The van der Waals surface area contributed by atoms with E-state index in [4.69, 9.17) is 27.9 Å². The van der Waals surface area contributed by atoms with E-state index < -0.39 is 23.8 Å². The van der Waals surface area contributed by atoms with Crippen LogP contribution in [0.1, 0.15) is 37.3 Å². The van der Waals surface area contributed by atoms with Crippen molar-refractivity contribution in [2.75, 3.05) is 25.0 Å². The SMILES string of the molecule is CC(=O)OC1CCN(CC[C@H](NC(=O)[C@@H]2Cc3ccccc3CN2)C(=O)Nc2ccc(Cl)c(Cl)c2F)CC1. The van der Waals surface area contributed by atoms with Crippen LogP contribution in [0.4, 0.5) is 10.1 Å². The van der Waals surface area contributed by atoms with Gasteiger partial charge in [-0.15, -0.1) is 0 Å². The molecule has 3 N–H and O–H groups in total. The summed E-state index contributed by atoms with van der Waals surface area (Å²) in [6, 6.07) is 9.22. The fraction of sp³-hybridized carbons (Fsp3) is 0.444. The Morgan fingerprint density at radius 2 is 1.84 bits per heavy atom. The number of amides is 2. The minimum atomic E-state index is -0.915. The van der Waals surface area contributed by atoms with Crippen LogP contribution in [0.25, 0.3) is 0 Å². The van der Waals surface area contributed by atoms with E-state index in [1.54, 1.807) is 0 Å². The zero-order chi connectivity index (χ0) is 27.2. The molecule has 0 radical (unpaired) electrons. The lowest BCUT2D eigenvalue weighted by atomic mass is 9.95. The molecule has 1 saturated heterocycles. The van der Waals surface area contributed by atoms with Crippen LogP contribution in [0.15, 0.2) is 36.4 Å². The summed E-state index contributed by atoms with van der Waals surface area (Å²) in [7, 11) is 0. The number of piperidine rings is 1. The number of carbonyl (C=O) groups excluding carboxylic acids is 3. The van der Waals surface area contributed by atoms with E-state index in [1.165, 1.54) is 19.1 Å². The number of fused-ring (bicyclic) bond motifs is 1. The molecule has 8 nitrogen and oxygen atoms in total. The lowest BCUT2D eigenvalue weighted by Crippen LogP contribution is -2.54. The second-order valence-electron chi connectivity index (χ2n) is 9.62. The Balaban J connectivity index is 1.42. The van der Waals surface area contributed by atoms with Gasteiger partial charge in [0.15, 0.2) is 5.82 Å². The number of halogens is 3. The number of ether oxygens (including phenoxy) is 1. The van der Waals surface area contributed by atoms with Crippen molar-refractivity contribution in [3.8, 4) is 0 Å². The monoisotopic (exact) mass is 564 g/mol. The summed E-state index contributed by atoms with van der Waals surface area (Å²) in [5, 5.41) is 8.40. The molecule has 2 aliphatic heterocycles. The molecule has 1 fully saturated rings. The minimum absolute atomic E-state index is 0.0350. The number of anilines is 1. The van der Waals surface area contributed by atoms with E-state index in [-0.39, 0.29) is 33.7 Å². The van der Waals surface area contributed by atoms with Gasteiger partial charge in [-0.05, 0) is 48.9 Å². The highest BCUT2D eigenvalue weighted by Crippen LogP contribution is 2.30. The van der Waals surface area contributed by atoms with Gasteiger partial charge in [0.1, 0.15) is 12.1 Å². The summed E-state index contributed by atoms with van der Waals surface area (Å²) < 4.78 is 19.9. The first-order chi connectivity index (χ1) is 18.2. The number of esters is 1. The molecular formula is C27H31Cl2FN4O4. The van der Waals surface area contributed by atoms with Gasteiger partial charge < -0.3 is 25.6 Å². The molecule has 0 spiro atoms. The van der Waals surface area contributed by atoms with Gasteiger partial charge in [0.25, 0.3) is 0 Å². The van der Waals surface area contributed by atoms with Crippen molar-refractivity contribution in [1.29, 1.82) is 0 Å². The normalized spacial score (nSPS) is 18.8. The van der Waals surface area contributed by atoms with Crippen molar-refractivity contribution >= 4 is 46.7 Å². The van der Waals surface area contributed by atoms with E-state index in [0.717, 1.165) is 11.1 Å². The Morgan fingerprint density at radius 3 is 2.55 bits per heavy atom. The molecule has 204 valence electrons. The third kappa shape index (κ3) is 7.22. The molecule has 2 heterocycles. The molecule has 2 amide bonds. The highest BCUT2D eigenvalue weighted by Gasteiger charge is 2.30. The molecular weight excluding hydrogens is 534 g/mol. The van der Waals surface area contributed by atoms with Gasteiger partial charge in [0.2, 0.25) is 11.8 Å². The number of hydrogen-bond donors (Lipinski definition) is 3. The molecule has 2 aromatic rings. The third-order valence-corrected chi connectivity index (χ3v) is 7.71. The summed E-state index contributed by atoms with van der Waals surface area (Å²) in [4.78, 5) is 39.9. The zero-order valence-electron chi connectivity index (χ0n) is 21.1. The number of nitrogens with one attached hydrogen (secondary N) is 3. The Kier molecular flexibility index (Phi) is 9.59. The number of rotatable bonds is 8. The van der Waals surface area contributed by atoms with Crippen molar-refractivity contribution < 1.29 is 23.5 Å². The summed E-state index contributed by atoms with van der Waals surface area (Å²) in [5.74, 6) is -1.99. The van der Waals surface area contributed by atoms with Gasteiger partial charge in [0.05, 0.1) is 21.8 Å². The summed E-state index contributed by atoms with van der Waals surface area (Å²) in [5.41, 5.74) is 2.11. The zero-order valence-corrected chi connectivity index (χ0v) is 22.6. The Bertz CT molecular complexity index is 1190. The first-order valence-electron chi connectivity index (χ1n) is 12.7. The first-order valence-corrected chi connectivity index (χ1v) is 13.4. The summed E-state index contributed by atoms with van der Waals surface area (Å²) in [6.07, 6.45) is 2.09. The molecule has 0 aromatic heterocycles. The van der Waals surface area contributed by atoms with Crippen molar-refractivity contribution in [3.05, 3.63) is 63.4 Å². The maximum atomic E-state index is 14.6. The molecule has 38 heavy (non-hydrogen) atoms. The summed E-state index contributed by atoms with van der Waals surface area (Å²) >= 11 is 11.8. The number of nitrogens with zero attached hydrogens (tertiary/aromatic N) is 1. The van der Waals surface area contributed by atoms with E-state index in [1.807, 2.05) is 24.3 Å². The van der Waals surface area contributed by atoms with Crippen LogP contribution in [0.3, 0.4) is 0 Å². The van der Waals surface area contributed by atoms with E-state index in [2.05, 4.69) is 20.9 Å². The van der Waals surface area contributed by atoms with Crippen molar-refractivity contribution in [3.63, 3.8) is 0 Å². The highest BCUT2D eigenvalue weighted by molar-refractivity contribution is 6.42. The van der Waals surface area contributed by atoms with E-state index in [0.29, 0.717) is 51.9 Å². The van der Waals surface area contributed by atoms with Gasteiger partial charge in [0, 0.05) is 33.1 Å². The summed E-state index contributed by atoms with van der Waals surface area (Å²) in [6.45, 7) is 3.87. The van der Waals surface area contributed by atoms with Crippen LogP contribution >= 0.6 is 23.2 Å². The van der Waals surface area contributed by atoms with Crippen LogP contribution in [-0.4, -0.2) is 60.5 Å². The topological polar surface area (TPSA) is 99.8 Å². The quantitative estimate of drug-likeness (QED) is 0.334. The third-order valence-electron chi connectivity index (χ3n) is 6.93. The largest absolute Gasteiger partial charge is 0.462 e. The number of likely N-dealkylation sites (tertiary alicyclic amines) is 1. The van der Waals surface area contributed by atoms with E-state index >= 15 is 0 Å². The van der Waals surface area contributed by atoms with Crippen molar-refractivity contribution in [2.45, 2.75) is 57.3 Å². The molecule has 4 rings (SSSR count). The molecule has 0 aliphatic carbocycles. The van der Waals surface area contributed by atoms with Crippen LogP contribution in [0, 0.1) is 5.82 Å². The average molecular weight is 565 g/mol. The second kappa shape index (κ2) is 12.9.